The molecule has 20 heavy (non-hydrogen) atoms. The first-order valence-corrected chi connectivity index (χ1v) is 6.86. The van der Waals surface area contributed by atoms with E-state index in [2.05, 4.69) is 45.7 Å². The molecule has 1 N–H and O–H groups in total. The highest BCUT2D eigenvalue weighted by Gasteiger charge is 1.98. The molecule has 0 amide bonds. The Morgan fingerprint density at radius 1 is 1.20 bits per heavy atom. The lowest BCUT2D eigenvalue weighted by Crippen LogP contribution is -2.19. The zero-order valence-electron chi connectivity index (χ0n) is 11.6. The van der Waals surface area contributed by atoms with Crippen LogP contribution in [0.5, 0.6) is 0 Å². The van der Waals surface area contributed by atoms with E-state index in [-0.39, 0.29) is 0 Å². The van der Waals surface area contributed by atoms with Crippen molar-refractivity contribution in [3.8, 4) is 0 Å². The summed E-state index contributed by atoms with van der Waals surface area (Å²) in [5.41, 5.74) is 3.40. The molecule has 0 radical (unpaired) electrons. The average Bonchev–Trinajstić information content (AvgIpc) is 2.97. The van der Waals surface area contributed by atoms with E-state index in [1.54, 1.807) is 6.20 Å². The molecule has 0 aliphatic rings. The molecule has 2 heterocycles. The quantitative estimate of drug-likeness (QED) is 0.722. The molecule has 4 nitrogen and oxygen atoms in total. The third kappa shape index (κ3) is 3.03. The summed E-state index contributed by atoms with van der Waals surface area (Å²) < 4.78 is 1.93. The van der Waals surface area contributed by atoms with Crippen LogP contribution in [0.3, 0.4) is 0 Å². The number of aromatic nitrogens is 3. The molecule has 0 saturated carbocycles. The molecule has 0 atom stereocenters. The van der Waals surface area contributed by atoms with E-state index >= 15 is 0 Å². The van der Waals surface area contributed by atoms with Gasteiger partial charge in [0.25, 0.3) is 0 Å². The van der Waals surface area contributed by atoms with Gasteiger partial charge in [-0.3, -0.25) is 9.67 Å². The van der Waals surface area contributed by atoms with E-state index in [1.807, 2.05) is 23.9 Å². The summed E-state index contributed by atoms with van der Waals surface area (Å²) in [5, 5.41) is 8.81. The van der Waals surface area contributed by atoms with Gasteiger partial charge in [0, 0.05) is 36.6 Å². The molecule has 0 fully saturated rings. The first-order valence-electron chi connectivity index (χ1n) is 6.86. The van der Waals surface area contributed by atoms with Gasteiger partial charge < -0.3 is 5.32 Å². The molecule has 0 bridgehead atoms. The van der Waals surface area contributed by atoms with Gasteiger partial charge in [0.15, 0.2) is 0 Å². The minimum absolute atomic E-state index is 0.866. The van der Waals surface area contributed by atoms with E-state index < -0.39 is 0 Å². The monoisotopic (exact) mass is 266 g/mol. The van der Waals surface area contributed by atoms with E-state index in [4.69, 9.17) is 0 Å². The van der Waals surface area contributed by atoms with Crippen LogP contribution >= 0.6 is 0 Å². The highest BCUT2D eigenvalue weighted by Crippen LogP contribution is 2.14. The number of pyridine rings is 1. The first-order chi connectivity index (χ1) is 9.81. The van der Waals surface area contributed by atoms with Gasteiger partial charge in [-0.05, 0) is 36.8 Å². The Morgan fingerprint density at radius 3 is 3.00 bits per heavy atom. The van der Waals surface area contributed by atoms with Gasteiger partial charge in [-0.25, -0.2) is 0 Å². The minimum atomic E-state index is 0.866. The molecule has 2 aromatic heterocycles. The summed E-state index contributed by atoms with van der Waals surface area (Å²) in [4.78, 5) is 4.51. The highest BCUT2D eigenvalue weighted by molar-refractivity contribution is 5.79. The standard InChI is InChI=1S/C16H18N4/c1-13-3-5-15-11-14(4-6-16(15)19-13)12-17-8-10-20-9-2-7-18-20/h2-7,9,11,17H,8,10,12H2,1H3. The molecule has 0 spiro atoms. The van der Waals surface area contributed by atoms with Crippen LogP contribution in [-0.2, 0) is 13.1 Å². The molecule has 0 unspecified atom stereocenters. The summed E-state index contributed by atoms with van der Waals surface area (Å²) in [6.45, 7) is 4.68. The zero-order chi connectivity index (χ0) is 13.8. The Bertz CT molecular complexity index is 689. The fraction of sp³-hybridized carbons (Fsp3) is 0.250. The molecule has 0 aliphatic carbocycles. The van der Waals surface area contributed by atoms with Crippen molar-refractivity contribution < 1.29 is 0 Å². The maximum absolute atomic E-state index is 4.51. The number of nitrogens with zero attached hydrogens (tertiary/aromatic N) is 3. The van der Waals surface area contributed by atoms with Crippen molar-refractivity contribution in [3.63, 3.8) is 0 Å². The van der Waals surface area contributed by atoms with E-state index in [0.717, 1.165) is 30.8 Å². The summed E-state index contributed by atoms with van der Waals surface area (Å²) in [7, 11) is 0. The van der Waals surface area contributed by atoms with Crippen LogP contribution in [0.2, 0.25) is 0 Å². The second-order valence-corrected chi connectivity index (χ2v) is 4.93. The maximum Gasteiger partial charge on any atom is 0.0705 e. The number of nitrogens with one attached hydrogen (secondary N) is 1. The predicted octanol–water partition coefficient (Wildman–Crippen LogP) is 2.53. The van der Waals surface area contributed by atoms with Crippen LogP contribution in [-0.4, -0.2) is 21.3 Å². The van der Waals surface area contributed by atoms with Gasteiger partial charge in [0.1, 0.15) is 0 Å². The van der Waals surface area contributed by atoms with Crippen molar-refractivity contribution in [1.29, 1.82) is 0 Å². The van der Waals surface area contributed by atoms with Gasteiger partial charge in [0.05, 0.1) is 12.1 Å². The van der Waals surface area contributed by atoms with Crippen LogP contribution in [0, 0.1) is 6.92 Å². The van der Waals surface area contributed by atoms with Crippen LogP contribution in [0.1, 0.15) is 11.3 Å². The molecule has 4 heteroatoms. The predicted molar refractivity (Wildman–Crippen MR) is 80.4 cm³/mol. The van der Waals surface area contributed by atoms with Crippen LogP contribution in [0.25, 0.3) is 10.9 Å². The largest absolute Gasteiger partial charge is 0.311 e. The Morgan fingerprint density at radius 2 is 2.15 bits per heavy atom. The van der Waals surface area contributed by atoms with Gasteiger partial charge in [-0.15, -0.1) is 0 Å². The maximum atomic E-state index is 4.51. The normalized spacial score (nSPS) is 11.1. The highest BCUT2D eigenvalue weighted by atomic mass is 15.3. The summed E-state index contributed by atoms with van der Waals surface area (Å²) in [6, 6.07) is 12.5. The van der Waals surface area contributed by atoms with E-state index in [1.165, 1.54) is 10.9 Å². The van der Waals surface area contributed by atoms with E-state index in [0.29, 0.717) is 0 Å². The van der Waals surface area contributed by atoms with Crippen molar-refractivity contribution in [3.05, 3.63) is 60.0 Å². The molecule has 0 aliphatic heterocycles. The molecule has 102 valence electrons. The van der Waals surface area contributed by atoms with Crippen LogP contribution in [0.4, 0.5) is 0 Å². The van der Waals surface area contributed by atoms with Crippen molar-refractivity contribution in [2.75, 3.05) is 6.54 Å². The number of hydrogen-bond donors (Lipinski definition) is 1. The van der Waals surface area contributed by atoms with Crippen LogP contribution < -0.4 is 5.32 Å². The minimum Gasteiger partial charge on any atom is -0.311 e. The average molecular weight is 266 g/mol. The van der Waals surface area contributed by atoms with Gasteiger partial charge in [-0.1, -0.05) is 12.1 Å². The van der Waals surface area contributed by atoms with E-state index in [9.17, 15) is 0 Å². The molecule has 1 aromatic carbocycles. The Labute approximate surface area is 118 Å². The third-order valence-electron chi connectivity index (χ3n) is 3.30. The fourth-order valence-electron chi connectivity index (χ4n) is 2.25. The second kappa shape index (κ2) is 5.84. The van der Waals surface area contributed by atoms with Crippen molar-refractivity contribution >= 4 is 10.9 Å². The number of benzene rings is 1. The second-order valence-electron chi connectivity index (χ2n) is 4.93. The fourth-order valence-corrected chi connectivity index (χ4v) is 2.25. The first kappa shape index (κ1) is 12.8. The summed E-state index contributed by atoms with van der Waals surface area (Å²) in [5.74, 6) is 0. The number of rotatable bonds is 5. The molecule has 3 rings (SSSR count). The van der Waals surface area contributed by atoms with Gasteiger partial charge in [0.2, 0.25) is 0 Å². The Balaban J connectivity index is 1.58. The van der Waals surface area contributed by atoms with Crippen molar-refractivity contribution in [2.24, 2.45) is 0 Å². The number of aryl methyl sites for hydroxylation is 1. The summed E-state index contributed by atoms with van der Waals surface area (Å²) in [6.07, 6.45) is 3.78. The number of hydrogen-bond acceptors (Lipinski definition) is 3. The topological polar surface area (TPSA) is 42.7 Å². The lowest BCUT2D eigenvalue weighted by atomic mass is 10.1. The third-order valence-corrected chi connectivity index (χ3v) is 3.30. The van der Waals surface area contributed by atoms with Crippen LogP contribution in [0.15, 0.2) is 48.8 Å². The Hall–Kier alpha value is -2.20. The SMILES string of the molecule is Cc1ccc2cc(CNCCn3cccn3)ccc2n1. The lowest BCUT2D eigenvalue weighted by molar-refractivity contribution is 0.555. The Kier molecular flexibility index (Phi) is 3.74. The lowest BCUT2D eigenvalue weighted by Gasteiger charge is -2.06. The molecule has 3 aromatic rings. The number of fused-ring (bicyclic) bond motifs is 1. The van der Waals surface area contributed by atoms with Gasteiger partial charge in [-0.2, -0.15) is 5.10 Å². The zero-order valence-corrected chi connectivity index (χ0v) is 11.6. The smallest absolute Gasteiger partial charge is 0.0705 e. The molecular formula is C16H18N4. The van der Waals surface area contributed by atoms with Crippen molar-refractivity contribution in [2.45, 2.75) is 20.0 Å². The summed E-state index contributed by atoms with van der Waals surface area (Å²) >= 11 is 0. The van der Waals surface area contributed by atoms with Crippen molar-refractivity contribution in [1.82, 2.24) is 20.1 Å². The van der Waals surface area contributed by atoms with Gasteiger partial charge >= 0.3 is 0 Å². The molecule has 0 saturated heterocycles. The molecular weight excluding hydrogens is 248 g/mol.